The highest BCUT2D eigenvalue weighted by atomic mass is 79.9. The van der Waals surface area contributed by atoms with Gasteiger partial charge in [0.15, 0.2) is 0 Å². The summed E-state index contributed by atoms with van der Waals surface area (Å²) in [5.41, 5.74) is 1.18. The van der Waals surface area contributed by atoms with E-state index >= 15 is 0 Å². The topological polar surface area (TPSA) is 12.0 Å². The molecule has 1 nitrogen and oxygen atoms in total. The molecule has 0 bridgehead atoms. The van der Waals surface area contributed by atoms with E-state index in [0.717, 1.165) is 16.3 Å². The third-order valence-corrected chi connectivity index (χ3v) is 5.41. The Morgan fingerprint density at radius 2 is 2.00 bits per heavy atom. The highest BCUT2D eigenvalue weighted by Crippen LogP contribution is 2.41. The van der Waals surface area contributed by atoms with Crippen LogP contribution < -0.4 is 5.32 Å². The number of halogens is 2. The van der Waals surface area contributed by atoms with Gasteiger partial charge in [-0.1, -0.05) is 42.3 Å². The zero-order chi connectivity index (χ0) is 14.0. The highest BCUT2D eigenvalue weighted by Gasteiger charge is 2.31. The minimum atomic E-state index is -0.184. The Morgan fingerprint density at radius 1 is 1.26 bits per heavy atom. The van der Waals surface area contributed by atoms with Crippen LogP contribution in [-0.4, -0.2) is 7.05 Å². The van der Waals surface area contributed by atoms with Crippen LogP contribution in [0.1, 0.15) is 44.7 Å². The normalized spacial score (nSPS) is 29.2. The summed E-state index contributed by atoms with van der Waals surface area (Å²) < 4.78 is 14.1. The Labute approximate surface area is 124 Å². The summed E-state index contributed by atoms with van der Waals surface area (Å²) in [5.74, 6) is 2.05. The van der Waals surface area contributed by atoms with Crippen LogP contribution in [0.15, 0.2) is 22.7 Å². The van der Waals surface area contributed by atoms with E-state index < -0.39 is 0 Å². The van der Waals surface area contributed by atoms with E-state index in [1.807, 2.05) is 13.1 Å². The van der Waals surface area contributed by atoms with Gasteiger partial charge in [-0.3, -0.25) is 0 Å². The molecule has 0 saturated heterocycles. The molecule has 19 heavy (non-hydrogen) atoms. The van der Waals surface area contributed by atoms with Crippen LogP contribution in [0, 0.1) is 23.6 Å². The van der Waals surface area contributed by atoms with Crippen LogP contribution >= 0.6 is 15.9 Å². The summed E-state index contributed by atoms with van der Waals surface area (Å²) in [4.78, 5) is 0. The second-order valence-electron chi connectivity index (χ2n) is 5.96. The molecule has 4 atom stereocenters. The molecule has 2 rings (SSSR count). The van der Waals surface area contributed by atoms with Crippen molar-refractivity contribution >= 4 is 15.9 Å². The van der Waals surface area contributed by atoms with Gasteiger partial charge < -0.3 is 5.32 Å². The number of nitrogens with one attached hydrogen (secondary N) is 1. The Kier molecular flexibility index (Phi) is 5.02. The van der Waals surface area contributed by atoms with Crippen LogP contribution in [-0.2, 0) is 0 Å². The molecule has 1 aliphatic carbocycles. The van der Waals surface area contributed by atoms with Crippen LogP contribution in [0.3, 0.4) is 0 Å². The maximum absolute atomic E-state index is 13.2. The van der Waals surface area contributed by atoms with Crippen molar-refractivity contribution in [2.75, 3.05) is 7.05 Å². The monoisotopic (exact) mass is 327 g/mol. The van der Waals surface area contributed by atoms with Crippen molar-refractivity contribution in [3.05, 3.63) is 34.1 Å². The summed E-state index contributed by atoms with van der Waals surface area (Å²) >= 11 is 3.50. The van der Waals surface area contributed by atoms with E-state index in [1.165, 1.54) is 24.8 Å². The van der Waals surface area contributed by atoms with E-state index in [9.17, 15) is 4.39 Å². The third kappa shape index (κ3) is 3.38. The van der Waals surface area contributed by atoms with Gasteiger partial charge in [0, 0.05) is 10.5 Å². The third-order valence-electron chi connectivity index (χ3n) is 4.72. The first-order chi connectivity index (χ1) is 9.02. The summed E-state index contributed by atoms with van der Waals surface area (Å²) in [6.07, 6.45) is 3.79. The Hall–Kier alpha value is -0.410. The predicted octanol–water partition coefficient (Wildman–Crippen LogP) is 4.92. The second kappa shape index (κ2) is 6.36. The molecule has 1 aliphatic rings. The fourth-order valence-electron chi connectivity index (χ4n) is 3.29. The summed E-state index contributed by atoms with van der Waals surface area (Å²) in [5, 5.41) is 3.43. The van der Waals surface area contributed by atoms with Crippen LogP contribution in [0.5, 0.6) is 0 Å². The predicted molar refractivity (Wildman–Crippen MR) is 81.6 cm³/mol. The van der Waals surface area contributed by atoms with Gasteiger partial charge in [-0.2, -0.15) is 0 Å². The van der Waals surface area contributed by atoms with Crippen molar-refractivity contribution in [1.82, 2.24) is 5.32 Å². The molecule has 0 heterocycles. The molecule has 1 fully saturated rings. The Morgan fingerprint density at radius 3 is 2.58 bits per heavy atom. The Balaban J connectivity index is 2.20. The molecular formula is C16H23BrFN. The lowest BCUT2D eigenvalue weighted by molar-refractivity contribution is 0.174. The smallest absolute Gasteiger partial charge is 0.124 e. The average molecular weight is 328 g/mol. The van der Waals surface area contributed by atoms with Crippen LogP contribution in [0.4, 0.5) is 4.39 Å². The molecular weight excluding hydrogens is 305 g/mol. The number of hydrogen-bond acceptors (Lipinski definition) is 1. The average Bonchev–Trinajstić information content (AvgIpc) is 2.37. The SMILES string of the molecule is CNC(c1ccc(F)cc1Br)C1CCC(C)C(C)C1. The van der Waals surface area contributed by atoms with Crippen molar-refractivity contribution in [1.29, 1.82) is 0 Å². The quantitative estimate of drug-likeness (QED) is 0.830. The van der Waals surface area contributed by atoms with E-state index in [2.05, 4.69) is 35.1 Å². The van der Waals surface area contributed by atoms with Gasteiger partial charge in [-0.05, 0) is 55.3 Å². The van der Waals surface area contributed by atoms with E-state index in [0.29, 0.717) is 12.0 Å². The van der Waals surface area contributed by atoms with Gasteiger partial charge in [-0.15, -0.1) is 0 Å². The first-order valence-electron chi connectivity index (χ1n) is 7.15. The van der Waals surface area contributed by atoms with Gasteiger partial charge in [-0.25, -0.2) is 4.39 Å². The van der Waals surface area contributed by atoms with E-state index in [1.54, 1.807) is 12.1 Å². The molecule has 1 aromatic carbocycles. The standard InChI is InChI=1S/C16H23BrFN/c1-10-4-5-12(8-11(10)2)16(19-3)14-7-6-13(18)9-15(14)17/h6-7,9-12,16,19H,4-5,8H2,1-3H3. The Bertz CT molecular complexity index is 435. The zero-order valence-electron chi connectivity index (χ0n) is 11.9. The maximum Gasteiger partial charge on any atom is 0.124 e. The van der Waals surface area contributed by atoms with Crippen molar-refractivity contribution in [3.8, 4) is 0 Å². The van der Waals surface area contributed by atoms with Gasteiger partial charge >= 0.3 is 0 Å². The lowest BCUT2D eigenvalue weighted by atomic mass is 9.72. The molecule has 0 aromatic heterocycles. The number of rotatable bonds is 3. The molecule has 3 heteroatoms. The van der Waals surface area contributed by atoms with Gasteiger partial charge in [0.2, 0.25) is 0 Å². The fraction of sp³-hybridized carbons (Fsp3) is 0.625. The molecule has 0 radical (unpaired) electrons. The maximum atomic E-state index is 13.2. The van der Waals surface area contributed by atoms with E-state index in [-0.39, 0.29) is 5.82 Å². The molecule has 0 aliphatic heterocycles. The zero-order valence-corrected chi connectivity index (χ0v) is 13.5. The fourth-order valence-corrected chi connectivity index (χ4v) is 3.89. The van der Waals surface area contributed by atoms with Crippen molar-refractivity contribution in [2.24, 2.45) is 17.8 Å². The summed E-state index contributed by atoms with van der Waals surface area (Å²) in [7, 11) is 2.00. The number of hydrogen-bond donors (Lipinski definition) is 1. The summed E-state index contributed by atoms with van der Waals surface area (Å²) in [6, 6.07) is 5.34. The molecule has 106 valence electrons. The molecule has 1 saturated carbocycles. The van der Waals surface area contributed by atoms with E-state index in [4.69, 9.17) is 0 Å². The lowest BCUT2D eigenvalue weighted by Crippen LogP contribution is -2.31. The molecule has 0 amide bonds. The first kappa shape index (κ1) is 15.0. The van der Waals surface area contributed by atoms with Gasteiger partial charge in [0.05, 0.1) is 0 Å². The lowest BCUT2D eigenvalue weighted by Gasteiger charge is -2.37. The minimum absolute atomic E-state index is 0.184. The molecule has 4 unspecified atom stereocenters. The first-order valence-corrected chi connectivity index (χ1v) is 7.94. The minimum Gasteiger partial charge on any atom is -0.313 e. The number of benzene rings is 1. The largest absolute Gasteiger partial charge is 0.313 e. The van der Waals surface area contributed by atoms with Crippen molar-refractivity contribution in [2.45, 2.75) is 39.2 Å². The molecule has 1 aromatic rings. The highest BCUT2D eigenvalue weighted by molar-refractivity contribution is 9.10. The van der Waals surface area contributed by atoms with Crippen LogP contribution in [0.2, 0.25) is 0 Å². The molecule has 1 N–H and O–H groups in total. The van der Waals surface area contributed by atoms with Crippen LogP contribution in [0.25, 0.3) is 0 Å². The van der Waals surface area contributed by atoms with Crippen molar-refractivity contribution in [3.63, 3.8) is 0 Å². The van der Waals surface area contributed by atoms with Gasteiger partial charge in [0.1, 0.15) is 5.82 Å². The summed E-state index contributed by atoms with van der Waals surface area (Å²) in [6.45, 7) is 4.70. The van der Waals surface area contributed by atoms with Gasteiger partial charge in [0.25, 0.3) is 0 Å². The molecule has 0 spiro atoms. The second-order valence-corrected chi connectivity index (χ2v) is 6.81. The van der Waals surface area contributed by atoms with Crippen molar-refractivity contribution < 1.29 is 4.39 Å².